The van der Waals surface area contributed by atoms with Gasteiger partial charge in [0.1, 0.15) is 5.82 Å². The van der Waals surface area contributed by atoms with Gasteiger partial charge in [-0.05, 0) is 37.1 Å². The van der Waals surface area contributed by atoms with Gasteiger partial charge in [-0.1, -0.05) is 11.6 Å². The maximum absolute atomic E-state index is 5.84. The van der Waals surface area contributed by atoms with Gasteiger partial charge in [-0.15, -0.1) is 0 Å². The number of anilines is 1. The summed E-state index contributed by atoms with van der Waals surface area (Å²) in [6.45, 7) is 0.678. The third-order valence-electron chi connectivity index (χ3n) is 3.11. The predicted octanol–water partition coefficient (Wildman–Crippen LogP) is 2.96. The van der Waals surface area contributed by atoms with Crippen molar-refractivity contribution in [3.05, 3.63) is 40.9 Å². The lowest BCUT2D eigenvalue weighted by atomic mass is 10.3. The maximum atomic E-state index is 5.84. The molecule has 1 fully saturated rings. The summed E-state index contributed by atoms with van der Waals surface area (Å²) < 4.78 is 1.86. The zero-order valence-corrected chi connectivity index (χ0v) is 11.0. The number of hydrogen-bond acceptors (Lipinski definition) is 3. The standard InChI is InChI=1S/C13H15ClN4/c1-18-12(16-13(17-18)9-2-3-9)8-15-11-6-4-10(14)5-7-11/h4-7,9,15H,2-3,8H2,1H3. The Morgan fingerprint density at radius 2 is 2.06 bits per heavy atom. The first-order valence-corrected chi connectivity index (χ1v) is 6.49. The van der Waals surface area contributed by atoms with E-state index in [2.05, 4.69) is 15.4 Å². The fourth-order valence-corrected chi connectivity index (χ4v) is 1.98. The van der Waals surface area contributed by atoms with Gasteiger partial charge in [-0.25, -0.2) is 4.98 Å². The number of aryl methyl sites for hydroxylation is 1. The number of hydrogen-bond donors (Lipinski definition) is 1. The lowest BCUT2D eigenvalue weighted by molar-refractivity contribution is 0.702. The molecule has 1 N–H and O–H groups in total. The van der Waals surface area contributed by atoms with Crippen molar-refractivity contribution in [2.24, 2.45) is 7.05 Å². The maximum Gasteiger partial charge on any atom is 0.154 e. The monoisotopic (exact) mass is 262 g/mol. The van der Waals surface area contributed by atoms with Crippen molar-refractivity contribution in [3.63, 3.8) is 0 Å². The van der Waals surface area contributed by atoms with E-state index in [9.17, 15) is 0 Å². The largest absolute Gasteiger partial charge is 0.378 e. The van der Waals surface area contributed by atoms with E-state index >= 15 is 0 Å². The van der Waals surface area contributed by atoms with Gasteiger partial charge < -0.3 is 5.32 Å². The van der Waals surface area contributed by atoms with Crippen LogP contribution < -0.4 is 5.32 Å². The Morgan fingerprint density at radius 1 is 1.33 bits per heavy atom. The van der Waals surface area contributed by atoms with E-state index in [1.54, 1.807) is 0 Å². The third-order valence-corrected chi connectivity index (χ3v) is 3.36. The fourth-order valence-electron chi connectivity index (χ4n) is 1.86. The molecule has 0 radical (unpaired) electrons. The van der Waals surface area contributed by atoms with Crippen LogP contribution in [0.15, 0.2) is 24.3 Å². The van der Waals surface area contributed by atoms with Crippen molar-refractivity contribution in [1.82, 2.24) is 14.8 Å². The molecule has 0 aliphatic heterocycles. The van der Waals surface area contributed by atoms with Crippen molar-refractivity contribution in [3.8, 4) is 0 Å². The highest BCUT2D eigenvalue weighted by Crippen LogP contribution is 2.38. The first-order chi connectivity index (χ1) is 8.72. The van der Waals surface area contributed by atoms with Crippen LogP contribution >= 0.6 is 11.6 Å². The summed E-state index contributed by atoms with van der Waals surface area (Å²) in [5, 5.41) is 8.51. The first-order valence-electron chi connectivity index (χ1n) is 6.11. The summed E-state index contributed by atoms with van der Waals surface area (Å²) in [6, 6.07) is 7.66. The number of halogens is 1. The second kappa shape index (κ2) is 4.61. The normalized spacial score (nSPS) is 14.8. The molecule has 3 rings (SSSR count). The SMILES string of the molecule is Cn1nc(C2CC2)nc1CNc1ccc(Cl)cc1. The zero-order valence-electron chi connectivity index (χ0n) is 10.2. The quantitative estimate of drug-likeness (QED) is 0.921. The molecule has 1 aromatic carbocycles. The van der Waals surface area contributed by atoms with Gasteiger partial charge in [0.05, 0.1) is 6.54 Å². The van der Waals surface area contributed by atoms with E-state index in [0.717, 1.165) is 22.4 Å². The lowest BCUT2D eigenvalue weighted by Crippen LogP contribution is -2.06. The molecule has 1 aliphatic carbocycles. The molecular weight excluding hydrogens is 248 g/mol. The summed E-state index contributed by atoms with van der Waals surface area (Å²) in [4.78, 5) is 4.57. The van der Waals surface area contributed by atoms with Crippen LogP contribution in [0, 0.1) is 0 Å². The minimum Gasteiger partial charge on any atom is -0.378 e. The molecule has 0 amide bonds. The molecular formula is C13H15ClN4. The van der Waals surface area contributed by atoms with Gasteiger partial charge in [-0.2, -0.15) is 5.10 Å². The number of nitrogens with zero attached hydrogens (tertiary/aromatic N) is 3. The number of nitrogens with one attached hydrogen (secondary N) is 1. The molecule has 94 valence electrons. The van der Waals surface area contributed by atoms with Crippen molar-refractivity contribution in [2.75, 3.05) is 5.32 Å². The lowest BCUT2D eigenvalue weighted by Gasteiger charge is -2.05. The highest BCUT2D eigenvalue weighted by molar-refractivity contribution is 6.30. The first kappa shape index (κ1) is 11.5. The molecule has 18 heavy (non-hydrogen) atoms. The van der Waals surface area contributed by atoms with Crippen molar-refractivity contribution in [1.29, 1.82) is 0 Å². The fraction of sp³-hybridized carbons (Fsp3) is 0.385. The van der Waals surface area contributed by atoms with Gasteiger partial charge in [0.15, 0.2) is 5.82 Å². The van der Waals surface area contributed by atoms with E-state index in [4.69, 9.17) is 11.6 Å². The molecule has 0 bridgehead atoms. The predicted molar refractivity (Wildman–Crippen MR) is 71.8 cm³/mol. The summed E-state index contributed by atoms with van der Waals surface area (Å²) in [7, 11) is 1.94. The van der Waals surface area contributed by atoms with Gasteiger partial charge >= 0.3 is 0 Å². The summed E-state index contributed by atoms with van der Waals surface area (Å²) >= 11 is 5.84. The molecule has 1 saturated carbocycles. The van der Waals surface area contributed by atoms with Crippen LogP contribution in [-0.4, -0.2) is 14.8 Å². The molecule has 1 aliphatic rings. The molecule has 0 saturated heterocycles. The van der Waals surface area contributed by atoms with E-state index < -0.39 is 0 Å². The second-order valence-corrected chi connectivity index (χ2v) is 5.08. The molecule has 0 unspecified atom stereocenters. The van der Waals surface area contributed by atoms with E-state index in [-0.39, 0.29) is 0 Å². The molecule has 1 heterocycles. The Labute approximate surface area is 111 Å². The van der Waals surface area contributed by atoms with Crippen molar-refractivity contribution < 1.29 is 0 Å². The van der Waals surface area contributed by atoms with E-state index in [0.29, 0.717) is 12.5 Å². The summed E-state index contributed by atoms with van der Waals surface area (Å²) in [6.07, 6.45) is 2.46. The minimum atomic E-state index is 0.598. The van der Waals surface area contributed by atoms with Crippen LogP contribution in [0.1, 0.15) is 30.4 Å². The Morgan fingerprint density at radius 3 is 2.72 bits per heavy atom. The third kappa shape index (κ3) is 2.48. The Bertz CT molecular complexity index is 543. The highest BCUT2D eigenvalue weighted by atomic mass is 35.5. The topological polar surface area (TPSA) is 42.7 Å². The van der Waals surface area contributed by atoms with Crippen LogP contribution in [0.25, 0.3) is 0 Å². The molecule has 0 spiro atoms. The van der Waals surface area contributed by atoms with Gasteiger partial charge in [-0.3, -0.25) is 4.68 Å². The summed E-state index contributed by atoms with van der Waals surface area (Å²) in [5.74, 6) is 2.55. The Balaban J connectivity index is 1.67. The number of rotatable bonds is 4. The van der Waals surface area contributed by atoms with Gasteiger partial charge in [0.2, 0.25) is 0 Å². The minimum absolute atomic E-state index is 0.598. The average Bonchev–Trinajstić information content (AvgIpc) is 3.14. The van der Waals surface area contributed by atoms with E-state index in [1.165, 1.54) is 12.8 Å². The number of aromatic nitrogens is 3. The van der Waals surface area contributed by atoms with Gasteiger partial charge in [0, 0.05) is 23.7 Å². The Hall–Kier alpha value is -1.55. The molecule has 0 atom stereocenters. The molecule has 2 aromatic rings. The highest BCUT2D eigenvalue weighted by Gasteiger charge is 2.28. The van der Waals surface area contributed by atoms with Crippen LogP contribution in [0.2, 0.25) is 5.02 Å². The van der Waals surface area contributed by atoms with Crippen LogP contribution in [-0.2, 0) is 13.6 Å². The second-order valence-electron chi connectivity index (χ2n) is 4.64. The van der Waals surface area contributed by atoms with Crippen LogP contribution in [0.5, 0.6) is 0 Å². The molecule has 4 nitrogen and oxygen atoms in total. The Kier molecular flexibility index (Phi) is 2.96. The van der Waals surface area contributed by atoms with Crippen LogP contribution in [0.4, 0.5) is 5.69 Å². The van der Waals surface area contributed by atoms with Gasteiger partial charge in [0.25, 0.3) is 0 Å². The smallest absolute Gasteiger partial charge is 0.154 e. The zero-order chi connectivity index (χ0) is 12.5. The molecule has 5 heteroatoms. The van der Waals surface area contributed by atoms with Crippen LogP contribution in [0.3, 0.4) is 0 Å². The average molecular weight is 263 g/mol. The van der Waals surface area contributed by atoms with Crippen molar-refractivity contribution in [2.45, 2.75) is 25.3 Å². The molecule has 1 aromatic heterocycles. The number of benzene rings is 1. The van der Waals surface area contributed by atoms with Crippen molar-refractivity contribution >= 4 is 17.3 Å². The van der Waals surface area contributed by atoms with E-state index in [1.807, 2.05) is 36.0 Å². The summed E-state index contributed by atoms with van der Waals surface area (Å²) in [5.41, 5.74) is 1.04.